The molecule has 0 aliphatic heterocycles. The van der Waals surface area contributed by atoms with Gasteiger partial charge in [0.25, 0.3) is 0 Å². The molecule has 0 heterocycles. The predicted octanol–water partition coefficient (Wildman–Crippen LogP) is 3.90. The molecule has 0 saturated carbocycles. The quantitative estimate of drug-likeness (QED) is 0.833. The number of hydrogen-bond donors (Lipinski definition) is 1. The summed E-state index contributed by atoms with van der Waals surface area (Å²) in [5, 5.41) is 3.54. The van der Waals surface area contributed by atoms with Gasteiger partial charge in [-0.05, 0) is 55.5 Å². The SMILES string of the molecule is COc1ccc(Br)c(CNCC2CC=CCC2)c1. The average molecular weight is 310 g/mol. The summed E-state index contributed by atoms with van der Waals surface area (Å²) >= 11 is 3.58. The Morgan fingerprint density at radius 2 is 2.28 bits per heavy atom. The molecule has 1 N–H and O–H groups in total. The topological polar surface area (TPSA) is 21.3 Å². The van der Waals surface area contributed by atoms with Crippen LogP contribution >= 0.6 is 15.9 Å². The Balaban J connectivity index is 1.83. The van der Waals surface area contributed by atoms with Crippen molar-refractivity contribution < 1.29 is 4.74 Å². The van der Waals surface area contributed by atoms with Crippen molar-refractivity contribution in [1.29, 1.82) is 0 Å². The molecule has 0 amide bonds. The highest BCUT2D eigenvalue weighted by Gasteiger charge is 2.09. The highest BCUT2D eigenvalue weighted by molar-refractivity contribution is 9.10. The van der Waals surface area contributed by atoms with Crippen molar-refractivity contribution in [3.05, 3.63) is 40.4 Å². The van der Waals surface area contributed by atoms with Gasteiger partial charge in [0.15, 0.2) is 0 Å². The van der Waals surface area contributed by atoms with Crippen LogP contribution in [0.5, 0.6) is 5.75 Å². The van der Waals surface area contributed by atoms with E-state index in [1.54, 1.807) is 7.11 Å². The third kappa shape index (κ3) is 3.85. The van der Waals surface area contributed by atoms with Crippen LogP contribution in [0.4, 0.5) is 0 Å². The maximum absolute atomic E-state index is 5.25. The molecule has 18 heavy (non-hydrogen) atoms. The smallest absolute Gasteiger partial charge is 0.119 e. The number of ether oxygens (including phenoxy) is 1. The van der Waals surface area contributed by atoms with Gasteiger partial charge in [0.1, 0.15) is 5.75 Å². The summed E-state index contributed by atoms with van der Waals surface area (Å²) in [5.74, 6) is 1.70. The van der Waals surface area contributed by atoms with Crippen LogP contribution in [0, 0.1) is 5.92 Å². The second-order valence-corrected chi connectivity index (χ2v) is 5.59. The van der Waals surface area contributed by atoms with Crippen LogP contribution in [0.2, 0.25) is 0 Å². The van der Waals surface area contributed by atoms with E-state index in [1.165, 1.54) is 24.8 Å². The molecule has 0 spiro atoms. The Labute approximate surface area is 118 Å². The third-order valence-corrected chi connectivity index (χ3v) is 4.15. The summed E-state index contributed by atoms with van der Waals surface area (Å²) < 4.78 is 6.39. The minimum Gasteiger partial charge on any atom is -0.497 e. The van der Waals surface area contributed by atoms with Gasteiger partial charge >= 0.3 is 0 Å². The highest BCUT2D eigenvalue weighted by Crippen LogP contribution is 2.23. The van der Waals surface area contributed by atoms with E-state index in [-0.39, 0.29) is 0 Å². The van der Waals surface area contributed by atoms with Gasteiger partial charge in [-0.1, -0.05) is 28.1 Å². The van der Waals surface area contributed by atoms with E-state index in [9.17, 15) is 0 Å². The average Bonchev–Trinajstić information content (AvgIpc) is 2.42. The number of halogens is 1. The van der Waals surface area contributed by atoms with E-state index >= 15 is 0 Å². The lowest BCUT2D eigenvalue weighted by molar-refractivity contribution is 0.413. The molecule has 1 atom stereocenters. The minimum absolute atomic E-state index is 0.791. The Morgan fingerprint density at radius 3 is 3.00 bits per heavy atom. The highest BCUT2D eigenvalue weighted by atomic mass is 79.9. The summed E-state index contributed by atoms with van der Waals surface area (Å²) in [6.07, 6.45) is 8.34. The van der Waals surface area contributed by atoms with Crippen molar-refractivity contribution in [2.24, 2.45) is 5.92 Å². The molecule has 98 valence electrons. The summed E-state index contributed by atoms with van der Waals surface area (Å²) in [6, 6.07) is 6.09. The zero-order chi connectivity index (χ0) is 12.8. The summed E-state index contributed by atoms with van der Waals surface area (Å²) in [6.45, 7) is 1.98. The molecule has 0 bridgehead atoms. The van der Waals surface area contributed by atoms with Gasteiger partial charge in [-0.2, -0.15) is 0 Å². The first-order chi connectivity index (χ1) is 8.79. The largest absolute Gasteiger partial charge is 0.497 e. The van der Waals surface area contributed by atoms with E-state index in [4.69, 9.17) is 4.74 Å². The molecule has 1 aromatic carbocycles. The number of benzene rings is 1. The van der Waals surface area contributed by atoms with Crippen LogP contribution in [-0.2, 0) is 6.54 Å². The van der Waals surface area contributed by atoms with Crippen LogP contribution in [0.3, 0.4) is 0 Å². The summed E-state index contributed by atoms with van der Waals surface area (Å²) in [7, 11) is 1.70. The molecule has 2 nitrogen and oxygen atoms in total. The van der Waals surface area contributed by atoms with E-state index in [0.717, 1.165) is 29.2 Å². The van der Waals surface area contributed by atoms with Crippen LogP contribution in [0.1, 0.15) is 24.8 Å². The van der Waals surface area contributed by atoms with Gasteiger partial charge in [-0.25, -0.2) is 0 Å². The monoisotopic (exact) mass is 309 g/mol. The zero-order valence-electron chi connectivity index (χ0n) is 10.8. The van der Waals surface area contributed by atoms with Gasteiger partial charge in [0, 0.05) is 11.0 Å². The lowest BCUT2D eigenvalue weighted by atomic mass is 9.94. The maximum Gasteiger partial charge on any atom is 0.119 e. The third-order valence-electron chi connectivity index (χ3n) is 3.38. The first-order valence-electron chi connectivity index (χ1n) is 6.47. The minimum atomic E-state index is 0.791. The second kappa shape index (κ2) is 6.95. The number of nitrogens with one attached hydrogen (secondary N) is 1. The standard InChI is InChI=1S/C15H20BrNO/c1-18-14-7-8-15(16)13(9-14)11-17-10-12-5-3-2-4-6-12/h2-3,7-9,12,17H,4-6,10-11H2,1H3. The zero-order valence-corrected chi connectivity index (χ0v) is 12.4. The molecule has 1 unspecified atom stereocenters. The van der Waals surface area contributed by atoms with E-state index in [0.29, 0.717) is 0 Å². The van der Waals surface area contributed by atoms with Gasteiger partial charge in [-0.15, -0.1) is 0 Å². The normalized spacial score (nSPS) is 18.9. The van der Waals surface area contributed by atoms with Crippen molar-refractivity contribution in [3.63, 3.8) is 0 Å². The molecule has 0 radical (unpaired) electrons. The fourth-order valence-electron chi connectivity index (χ4n) is 2.27. The van der Waals surface area contributed by atoms with Gasteiger partial charge in [-0.3, -0.25) is 0 Å². The molecular weight excluding hydrogens is 290 g/mol. The van der Waals surface area contributed by atoms with Crippen molar-refractivity contribution >= 4 is 15.9 Å². The summed E-state index contributed by atoms with van der Waals surface area (Å²) in [4.78, 5) is 0. The first-order valence-corrected chi connectivity index (χ1v) is 7.27. The van der Waals surface area contributed by atoms with Crippen molar-refractivity contribution in [2.45, 2.75) is 25.8 Å². The van der Waals surface area contributed by atoms with E-state index < -0.39 is 0 Å². The number of allylic oxidation sites excluding steroid dienone is 2. The number of hydrogen-bond acceptors (Lipinski definition) is 2. The van der Waals surface area contributed by atoms with Crippen molar-refractivity contribution in [1.82, 2.24) is 5.32 Å². The number of rotatable bonds is 5. The molecule has 3 heteroatoms. The number of methoxy groups -OCH3 is 1. The van der Waals surface area contributed by atoms with Gasteiger partial charge in [0.05, 0.1) is 7.11 Å². The second-order valence-electron chi connectivity index (χ2n) is 4.74. The van der Waals surface area contributed by atoms with Gasteiger partial charge < -0.3 is 10.1 Å². The Morgan fingerprint density at radius 1 is 1.39 bits per heavy atom. The van der Waals surface area contributed by atoms with Crippen LogP contribution in [0.25, 0.3) is 0 Å². The van der Waals surface area contributed by atoms with E-state index in [1.807, 2.05) is 12.1 Å². The van der Waals surface area contributed by atoms with E-state index in [2.05, 4.69) is 39.5 Å². The molecular formula is C15H20BrNO. The van der Waals surface area contributed by atoms with Crippen LogP contribution in [-0.4, -0.2) is 13.7 Å². The molecule has 0 fully saturated rings. The molecule has 0 saturated heterocycles. The maximum atomic E-state index is 5.25. The Kier molecular flexibility index (Phi) is 5.26. The Hall–Kier alpha value is -0.800. The molecule has 2 rings (SSSR count). The molecule has 0 aromatic heterocycles. The summed E-state index contributed by atoms with van der Waals surface area (Å²) in [5.41, 5.74) is 1.25. The predicted molar refractivity (Wildman–Crippen MR) is 78.9 cm³/mol. The fourth-order valence-corrected chi connectivity index (χ4v) is 2.65. The van der Waals surface area contributed by atoms with Crippen LogP contribution in [0.15, 0.2) is 34.8 Å². The van der Waals surface area contributed by atoms with Gasteiger partial charge in [0.2, 0.25) is 0 Å². The van der Waals surface area contributed by atoms with Crippen LogP contribution < -0.4 is 10.1 Å². The molecule has 1 aliphatic rings. The van der Waals surface area contributed by atoms with Crippen molar-refractivity contribution in [2.75, 3.05) is 13.7 Å². The lowest BCUT2D eigenvalue weighted by Crippen LogP contribution is -2.23. The Bertz CT molecular complexity index is 417. The first kappa shape index (κ1) is 13.6. The van der Waals surface area contributed by atoms with Crippen molar-refractivity contribution in [3.8, 4) is 5.75 Å². The lowest BCUT2D eigenvalue weighted by Gasteiger charge is -2.18. The molecule has 1 aromatic rings. The fraction of sp³-hybridized carbons (Fsp3) is 0.467. The molecule has 1 aliphatic carbocycles.